The highest BCUT2D eigenvalue weighted by Gasteiger charge is 2.28. The molecule has 0 fully saturated rings. The number of sulfonamides is 1. The van der Waals surface area contributed by atoms with Crippen molar-refractivity contribution in [1.82, 2.24) is 4.72 Å². The zero-order valence-corrected chi connectivity index (χ0v) is 16.2. The van der Waals surface area contributed by atoms with Crippen LogP contribution in [0, 0.1) is 5.41 Å². The Hall–Kier alpha value is 0.380. The molecule has 7 heteroatoms. The first-order chi connectivity index (χ1) is 9.30. The summed E-state index contributed by atoms with van der Waals surface area (Å²) in [6.07, 6.45) is 1.79. The molecular weight excluding hydrogens is 429 g/mol. The summed E-state index contributed by atoms with van der Waals surface area (Å²) in [5.41, 5.74) is -0.0745. The minimum absolute atomic E-state index is 0.0745. The van der Waals surface area contributed by atoms with Crippen LogP contribution in [0.25, 0.3) is 0 Å². The van der Waals surface area contributed by atoms with Gasteiger partial charge in [0.15, 0.2) is 0 Å². The molecule has 1 N–H and O–H groups in total. The molecule has 1 aromatic rings. The average Bonchev–Trinajstić information content (AvgIpc) is 2.40. The van der Waals surface area contributed by atoms with Crippen LogP contribution in [0.2, 0.25) is 5.02 Å². The van der Waals surface area contributed by atoms with Gasteiger partial charge in [0.1, 0.15) is 4.90 Å². The molecule has 3 nitrogen and oxygen atoms in total. The summed E-state index contributed by atoms with van der Waals surface area (Å²) >= 11 is 12.7. The maximum atomic E-state index is 12.3. The molecule has 0 saturated heterocycles. The van der Waals surface area contributed by atoms with E-state index in [1.807, 2.05) is 0 Å². The van der Waals surface area contributed by atoms with Gasteiger partial charge in [-0.3, -0.25) is 0 Å². The second-order valence-corrected chi connectivity index (χ2v) is 8.36. The van der Waals surface area contributed by atoms with E-state index in [0.717, 1.165) is 22.6 Å². The third-order valence-electron chi connectivity index (χ3n) is 3.60. The molecule has 0 heterocycles. The molecule has 1 aromatic carbocycles. The van der Waals surface area contributed by atoms with Gasteiger partial charge in [-0.1, -0.05) is 57.3 Å². The number of halogens is 3. The number of alkyl halides is 1. The topological polar surface area (TPSA) is 46.2 Å². The summed E-state index contributed by atoms with van der Waals surface area (Å²) in [6.45, 7) is 4.51. The van der Waals surface area contributed by atoms with Crippen LogP contribution >= 0.6 is 43.5 Å². The Morgan fingerprint density at radius 1 is 1.30 bits per heavy atom. The predicted octanol–water partition coefficient (Wildman–Crippen LogP) is 4.58. The molecule has 0 bridgehead atoms. The van der Waals surface area contributed by atoms with Gasteiger partial charge in [-0.25, -0.2) is 13.1 Å². The molecule has 0 aliphatic heterocycles. The summed E-state index contributed by atoms with van der Waals surface area (Å²) in [5.74, 6) is 0. The van der Waals surface area contributed by atoms with Crippen molar-refractivity contribution in [2.75, 3.05) is 11.9 Å². The second kappa shape index (κ2) is 7.58. The largest absolute Gasteiger partial charge is 0.242 e. The van der Waals surface area contributed by atoms with Crippen molar-refractivity contribution < 1.29 is 8.42 Å². The van der Waals surface area contributed by atoms with E-state index < -0.39 is 10.0 Å². The van der Waals surface area contributed by atoms with E-state index in [2.05, 4.69) is 50.4 Å². The minimum Gasteiger partial charge on any atom is -0.211 e. The van der Waals surface area contributed by atoms with E-state index in [1.165, 1.54) is 6.07 Å². The summed E-state index contributed by atoms with van der Waals surface area (Å²) < 4.78 is 28.1. The van der Waals surface area contributed by atoms with Crippen LogP contribution in [-0.2, 0) is 10.0 Å². The molecule has 0 aromatic heterocycles. The highest BCUT2D eigenvalue weighted by atomic mass is 79.9. The predicted molar refractivity (Wildman–Crippen MR) is 91.1 cm³/mol. The minimum atomic E-state index is -3.59. The van der Waals surface area contributed by atoms with Gasteiger partial charge in [-0.2, -0.15) is 0 Å². The van der Waals surface area contributed by atoms with E-state index in [4.69, 9.17) is 11.6 Å². The zero-order chi connectivity index (χ0) is 15.4. The first-order valence-electron chi connectivity index (χ1n) is 6.31. The normalized spacial score (nSPS) is 12.7. The van der Waals surface area contributed by atoms with Crippen LogP contribution in [0.3, 0.4) is 0 Å². The van der Waals surface area contributed by atoms with E-state index >= 15 is 0 Å². The molecule has 0 radical (unpaired) electrons. The van der Waals surface area contributed by atoms with Crippen molar-refractivity contribution in [2.45, 2.75) is 31.6 Å². The van der Waals surface area contributed by atoms with Gasteiger partial charge in [-0.05, 0) is 36.5 Å². The Bertz CT molecular complexity index is 551. The molecule has 0 aliphatic rings. The summed E-state index contributed by atoms with van der Waals surface area (Å²) in [5, 5.41) is 0.966. The van der Waals surface area contributed by atoms with Crippen molar-refractivity contribution in [3.05, 3.63) is 27.7 Å². The molecule has 0 saturated carbocycles. The van der Waals surface area contributed by atoms with Gasteiger partial charge in [0, 0.05) is 16.3 Å². The Kier molecular flexibility index (Phi) is 6.99. The summed E-state index contributed by atoms with van der Waals surface area (Å²) in [7, 11) is -3.59. The van der Waals surface area contributed by atoms with Gasteiger partial charge >= 0.3 is 0 Å². The van der Waals surface area contributed by atoms with Gasteiger partial charge in [0.2, 0.25) is 10.0 Å². The molecular formula is C13H18Br2ClNO2S. The fourth-order valence-corrected chi connectivity index (χ4v) is 4.94. The molecule has 114 valence electrons. The van der Waals surface area contributed by atoms with Gasteiger partial charge in [0.25, 0.3) is 0 Å². The Balaban J connectivity index is 2.96. The highest BCUT2D eigenvalue weighted by molar-refractivity contribution is 9.10. The van der Waals surface area contributed by atoms with Crippen LogP contribution in [0.4, 0.5) is 0 Å². The van der Waals surface area contributed by atoms with Gasteiger partial charge in [-0.15, -0.1) is 0 Å². The number of hydrogen-bond donors (Lipinski definition) is 1. The maximum absolute atomic E-state index is 12.3. The van der Waals surface area contributed by atoms with Crippen LogP contribution < -0.4 is 4.72 Å². The Labute approximate surface area is 142 Å². The fraction of sp³-hybridized carbons (Fsp3) is 0.538. The lowest BCUT2D eigenvalue weighted by Crippen LogP contribution is -2.38. The summed E-state index contributed by atoms with van der Waals surface area (Å²) in [6, 6.07) is 4.74. The van der Waals surface area contributed by atoms with E-state index in [9.17, 15) is 8.42 Å². The van der Waals surface area contributed by atoms with Gasteiger partial charge < -0.3 is 0 Å². The van der Waals surface area contributed by atoms with Crippen LogP contribution in [0.1, 0.15) is 26.7 Å². The van der Waals surface area contributed by atoms with Gasteiger partial charge in [0.05, 0.1) is 5.02 Å². The second-order valence-electron chi connectivity index (χ2n) is 4.74. The van der Waals surface area contributed by atoms with Crippen LogP contribution in [0.15, 0.2) is 27.6 Å². The van der Waals surface area contributed by atoms with Crippen molar-refractivity contribution in [3.63, 3.8) is 0 Å². The SMILES string of the molecule is CCC(CC)(CBr)CNS(=O)(=O)c1ccc(Br)cc1Cl. The molecule has 0 amide bonds. The van der Waals surface area contributed by atoms with Crippen molar-refractivity contribution in [3.8, 4) is 0 Å². The third kappa shape index (κ3) is 4.44. The fourth-order valence-electron chi connectivity index (χ4n) is 1.76. The monoisotopic (exact) mass is 445 g/mol. The number of nitrogens with one attached hydrogen (secondary N) is 1. The number of rotatable bonds is 7. The van der Waals surface area contributed by atoms with Crippen molar-refractivity contribution in [1.29, 1.82) is 0 Å². The molecule has 20 heavy (non-hydrogen) atoms. The number of benzene rings is 1. The van der Waals surface area contributed by atoms with E-state index in [1.54, 1.807) is 12.1 Å². The van der Waals surface area contributed by atoms with Crippen LogP contribution in [-0.4, -0.2) is 20.3 Å². The molecule has 0 spiro atoms. The summed E-state index contributed by atoms with van der Waals surface area (Å²) in [4.78, 5) is 0.109. The molecule has 0 aliphatic carbocycles. The Morgan fingerprint density at radius 2 is 1.90 bits per heavy atom. The average molecular weight is 448 g/mol. The first-order valence-corrected chi connectivity index (χ1v) is 10.1. The lowest BCUT2D eigenvalue weighted by Gasteiger charge is -2.29. The zero-order valence-electron chi connectivity index (χ0n) is 11.4. The lowest BCUT2D eigenvalue weighted by molar-refractivity contribution is 0.309. The molecule has 0 unspecified atom stereocenters. The Morgan fingerprint density at radius 3 is 2.35 bits per heavy atom. The third-order valence-corrected chi connectivity index (χ3v) is 7.17. The molecule has 1 rings (SSSR count). The smallest absolute Gasteiger partial charge is 0.211 e. The first kappa shape index (κ1) is 18.4. The van der Waals surface area contributed by atoms with E-state index in [-0.39, 0.29) is 15.3 Å². The maximum Gasteiger partial charge on any atom is 0.242 e. The lowest BCUT2D eigenvalue weighted by atomic mass is 9.85. The van der Waals surface area contributed by atoms with Crippen molar-refractivity contribution in [2.24, 2.45) is 5.41 Å². The quantitative estimate of drug-likeness (QED) is 0.622. The molecule has 0 atom stereocenters. The van der Waals surface area contributed by atoms with E-state index in [0.29, 0.717) is 6.54 Å². The van der Waals surface area contributed by atoms with Crippen molar-refractivity contribution >= 4 is 53.5 Å². The highest BCUT2D eigenvalue weighted by Crippen LogP contribution is 2.29. The standard InChI is InChI=1S/C13H18Br2ClNO2S/c1-3-13(4-2,8-14)9-17-20(18,19)12-6-5-10(15)7-11(12)16/h5-7,17H,3-4,8-9H2,1-2H3. The van der Waals surface area contributed by atoms with Crippen LogP contribution in [0.5, 0.6) is 0 Å². The number of hydrogen-bond acceptors (Lipinski definition) is 2.